The zero-order valence-corrected chi connectivity index (χ0v) is 7.16. The molecule has 2 rings (SSSR count). The van der Waals surface area contributed by atoms with E-state index in [4.69, 9.17) is 9.47 Å². The molecule has 2 nitrogen and oxygen atoms in total. The zero-order chi connectivity index (χ0) is 8.23. The van der Waals surface area contributed by atoms with E-state index >= 15 is 0 Å². The van der Waals surface area contributed by atoms with Crippen LogP contribution in [-0.2, 0) is 9.47 Å². The molecule has 66 valence electrons. The molecule has 1 aliphatic heterocycles. The van der Waals surface area contributed by atoms with Crippen LogP contribution in [0.25, 0.3) is 0 Å². The predicted octanol–water partition coefficient (Wildman–Crippen LogP) is 1.68. The van der Waals surface area contributed by atoms with Crippen molar-refractivity contribution in [2.75, 3.05) is 19.8 Å². The summed E-state index contributed by atoms with van der Waals surface area (Å²) in [6.07, 6.45) is 8.95. The fraction of sp³-hybridized carbons (Fsp3) is 0.600. The summed E-state index contributed by atoms with van der Waals surface area (Å²) in [4.78, 5) is 0. The lowest BCUT2D eigenvalue weighted by atomic mass is 10.00. The Bertz CT molecular complexity index is 200. The van der Waals surface area contributed by atoms with Crippen molar-refractivity contribution in [3.8, 4) is 0 Å². The molecule has 0 saturated carbocycles. The first-order valence-corrected chi connectivity index (χ1v) is 4.52. The largest absolute Gasteiger partial charge is 0.376 e. The van der Waals surface area contributed by atoms with Gasteiger partial charge in [-0.1, -0.05) is 18.2 Å². The molecule has 0 amide bonds. The fourth-order valence-corrected chi connectivity index (χ4v) is 1.59. The molecule has 1 heterocycles. The second kappa shape index (κ2) is 3.87. The third-order valence-electron chi connectivity index (χ3n) is 2.28. The van der Waals surface area contributed by atoms with E-state index in [0.717, 1.165) is 32.7 Å². The quantitative estimate of drug-likeness (QED) is 0.590. The van der Waals surface area contributed by atoms with Crippen LogP contribution in [0.5, 0.6) is 0 Å². The monoisotopic (exact) mass is 166 g/mol. The molecule has 0 radical (unpaired) electrons. The van der Waals surface area contributed by atoms with Gasteiger partial charge in [0.05, 0.1) is 19.8 Å². The van der Waals surface area contributed by atoms with Crippen molar-refractivity contribution in [2.24, 2.45) is 0 Å². The van der Waals surface area contributed by atoms with Crippen molar-refractivity contribution in [3.05, 3.63) is 23.8 Å². The van der Waals surface area contributed by atoms with E-state index in [9.17, 15) is 0 Å². The minimum Gasteiger partial charge on any atom is -0.376 e. The Kier molecular flexibility index (Phi) is 2.59. The van der Waals surface area contributed by atoms with Gasteiger partial charge < -0.3 is 9.47 Å². The average Bonchev–Trinajstić information content (AvgIpc) is 2.21. The van der Waals surface area contributed by atoms with Crippen molar-refractivity contribution in [1.82, 2.24) is 0 Å². The smallest absolute Gasteiger partial charge is 0.102 e. The standard InChI is InChI=1S/C10H14O2/c1-2-4-9(5-3-1)10-8-11-6-7-12-10/h1-2,4,10H,3,5-8H2. The van der Waals surface area contributed by atoms with Gasteiger partial charge in [0.15, 0.2) is 0 Å². The number of rotatable bonds is 1. The molecule has 0 N–H and O–H groups in total. The molecule has 0 spiro atoms. The lowest BCUT2D eigenvalue weighted by molar-refractivity contribution is -0.0732. The lowest BCUT2D eigenvalue weighted by Crippen LogP contribution is -2.30. The van der Waals surface area contributed by atoms with E-state index in [2.05, 4.69) is 18.2 Å². The maximum absolute atomic E-state index is 5.59. The second-order valence-electron chi connectivity index (χ2n) is 3.14. The molecule has 0 aromatic heterocycles. The number of ether oxygens (including phenoxy) is 2. The molecule has 0 aromatic carbocycles. The van der Waals surface area contributed by atoms with E-state index in [1.807, 2.05) is 0 Å². The number of hydrogen-bond acceptors (Lipinski definition) is 2. The van der Waals surface area contributed by atoms with Crippen molar-refractivity contribution in [3.63, 3.8) is 0 Å². The minimum atomic E-state index is 0.226. The SMILES string of the molecule is C1=CCCC(C2COCCO2)=C1. The molecule has 2 heteroatoms. The first-order chi connectivity index (χ1) is 5.97. The van der Waals surface area contributed by atoms with Gasteiger partial charge in [-0.2, -0.15) is 0 Å². The van der Waals surface area contributed by atoms with Gasteiger partial charge in [-0.25, -0.2) is 0 Å². The van der Waals surface area contributed by atoms with Crippen molar-refractivity contribution >= 4 is 0 Å². The summed E-state index contributed by atoms with van der Waals surface area (Å²) in [6.45, 7) is 2.23. The van der Waals surface area contributed by atoms with Gasteiger partial charge in [0.25, 0.3) is 0 Å². The highest BCUT2D eigenvalue weighted by Crippen LogP contribution is 2.19. The molecule has 1 atom stereocenters. The van der Waals surface area contributed by atoms with Crippen LogP contribution >= 0.6 is 0 Å². The highest BCUT2D eigenvalue weighted by atomic mass is 16.6. The van der Waals surface area contributed by atoms with Crippen LogP contribution in [0.15, 0.2) is 23.8 Å². The van der Waals surface area contributed by atoms with Crippen LogP contribution < -0.4 is 0 Å². The Morgan fingerprint density at radius 3 is 3.00 bits per heavy atom. The van der Waals surface area contributed by atoms with Crippen molar-refractivity contribution in [1.29, 1.82) is 0 Å². The van der Waals surface area contributed by atoms with E-state index < -0.39 is 0 Å². The van der Waals surface area contributed by atoms with E-state index in [1.165, 1.54) is 5.57 Å². The normalized spacial score (nSPS) is 30.0. The summed E-state index contributed by atoms with van der Waals surface area (Å²) < 4.78 is 10.9. The van der Waals surface area contributed by atoms with Gasteiger partial charge in [0, 0.05) is 0 Å². The van der Waals surface area contributed by atoms with Gasteiger partial charge >= 0.3 is 0 Å². The van der Waals surface area contributed by atoms with Crippen LogP contribution in [0.1, 0.15) is 12.8 Å². The van der Waals surface area contributed by atoms with E-state index in [0.29, 0.717) is 0 Å². The molecule has 0 aromatic rings. The maximum atomic E-state index is 5.59. The van der Waals surface area contributed by atoms with Gasteiger partial charge in [-0.05, 0) is 18.4 Å². The molecule has 1 unspecified atom stereocenters. The van der Waals surface area contributed by atoms with Crippen LogP contribution in [0.3, 0.4) is 0 Å². The molecular formula is C10H14O2. The molecule has 0 bridgehead atoms. The lowest BCUT2D eigenvalue weighted by Gasteiger charge is -2.26. The van der Waals surface area contributed by atoms with Gasteiger partial charge in [0.2, 0.25) is 0 Å². The molecule has 2 aliphatic rings. The molecule has 1 aliphatic carbocycles. The predicted molar refractivity (Wildman–Crippen MR) is 47.0 cm³/mol. The Morgan fingerprint density at radius 2 is 2.33 bits per heavy atom. The topological polar surface area (TPSA) is 18.5 Å². The average molecular weight is 166 g/mol. The van der Waals surface area contributed by atoms with Crippen LogP contribution in [-0.4, -0.2) is 25.9 Å². The van der Waals surface area contributed by atoms with Gasteiger partial charge in [-0.3, -0.25) is 0 Å². The third-order valence-corrected chi connectivity index (χ3v) is 2.28. The summed E-state index contributed by atoms with van der Waals surface area (Å²) >= 11 is 0. The summed E-state index contributed by atoms with van der Waals surface area (Å²) in [7, 11) is 0. The van der Waals surface area contributed by atoms with E-state index in [1.54, 1.807) is 0 Å². The highest BCUT2D eigenvalue weighted by molar-refractivity contribution is 5.21. The first kappa shape index (κ1) is 8.02. The van der Waals surface area contributed by atoms with Crippen molar-refractivity contribution < 1.29 is 9.47 Å². The molecule has 1 saturated heterocycles. The van der Waals surface area contributed by atoms with E-state index in [-0.39, 0.29) is 6.10 Å². The summed E-state index contributed by atoms with van der Waals surface area (Å²) in [5, 5.41) is 0. The van der Waals surface area contributed by atoms with Gasteiger partial charge in [-0.15, -0.1) is 0 Å². The van der Waals surface area contributed by atoms with Gasteiger partial charge in [0.1, 0.15) is 6.10 Å². The number of hydrogen-bond donors (Lipinski definition) is 0. The Hall–Kier alpha value is -0.600. The molecule has 12 heavy (non-hydrogen) atoms. The highest BCUT2D eigenvalue weighted by Gasteiger charge is 2.18. The fourth-order valence-electron chi connectivity index (χ4n) is 1.59. The Labute approximate surface area is 72.9 Å². The zero-order valence-electron chi connectivity index (χ0n) is 7.16. The molecular weight excluding hydrogens is 152 g/mol. The maximum Gasteiger partial charge on any atom is 0.102 e. The summed E-state index contributed by atoms with van der Waals surface area (Å²) in [6, 6.07) is 0. The Morgan fingerprint density at radius 1 is 1.33 bits per heavy atom. The Balaban J connectivity index is 1.97. The van der Waals surface area contributed by atoms with Crippen LogP contribution in [0.2, 0.25) is 0 Å². The van der Waals surface area contributed by atoms with Crippen molar-refractivity contribution in [2.45, 2.75) is 18.9 Å². The first-order valence-electron chi connectivity index (χ1n) is 4.52. The second-order valence-corrected chi connectivity index (χ2v) is 3.14. The minimum absolute atomic E-state index is 0.226. The van der Waals surface area contributed by atoms with Crippen LogP contribution in [0.4, 0.5) is 0 Å². The third kappa shape index (κ3) is 1.76. The molecule has 1 fully saturated rings. The summed E-state index contributed by atoms with van der Waals surface area (Å²) in [5.74, 6) is 0. The number of allylic oxidation sites excluding steroid dienone is 3. The summed E-state index contributed by atoms with van der Waals surface area (Å²) in [5.41, 5.74) is 1.39. The van der Waals surface area contributed by atoms with Crippen LogP contribution in [0, 0.1) is 0 Å².